The normalized spacial score (nSPS) is 16.7. The van der Waals surface area contributed by atoms with E-state index in [0.717, 1.165) is 23.3 Å². The third-order valence-electron chi connectivity index (χ3n) is 3.63. The molecule has 0 bridgehead atoms. The number of amides is 1. The number of hydrogen-bond donors (Lipinski definition) is 1. The van der Waals surface area contributed by atoms with Crippen LogP contribution in [0.5, 0.6) is 5.75 Å². The number of hydrogen-bond acceptors (Lipinski definition) is 2. The maximum absolute atomic E-state index is 12.2. The summed E-state index contributed by atoms with van der Waals surface area (Å²) in [5, 5.41) is 3.65. The van der Waals surface area contributed by atoms with Gasteiger partial charge in [-0.1, -0.05) is 41.9 Å². The van der Waals surface area contributed by atoms with Crippen molar-refractivity contribution in [2.45, 2.75) is 13.0 Å². The Labute approximate surface area is 128 Å². The van der Waals surface area contributed by atoms with Crippen molar-refractivity contribution in [3.63, 3.8) is 0 Å². The second-order valence-electron chi connectivity index (χ2n) is 5.16. The molecule has 2 aromatic rings. The molecule has 1 heterocycles. The predicted molar refractivity (Wildman–Crippen MR) is 82.4 cm³/mol. The predicted octanol–water partition coefficient (Wildman–Crippen LogP) is 3.21. The fourth-order valence-corrected chi connectivity index (χ4v) is 2.56. The minimum atomic E-state index is -0.132. The molecular weight excluding hydrogens is 286 g/mol. The molecule has 0 fully saturated rings. The number of fused-ring (bicyclic) bond motifs is 1. The van der Waals surface area contributed by atoms with Gasteiger partial charge in [-0.15, -0.1) is 0 Å². The van der Waals surface area contributed by atoms with E-state index in [0.29, 0.717) is 18.2 Å². The van der Waals surface area contributed by atoms with Crippen LogP contribution in [0.4, 0.5) is 0 Å². The molecule has 0 aromatic heterocycles. The zero-order valence-corrected chi connectivity index (χ0v) is 12.3. The van der Waals surface area contributed by atoms with Crippen molar-refractivity contribution in [3.8, 4) is 5.75 Å². The summed E-state index contributed by atoms with van der Waals surface area (Å²) in [6.45, 7) is 0.942. The van der Waals surface area contributed by atoms with Crippen LogP contribution in [0.1, 0.15) is 11.1 Å². The summed E-state index contributed by atoms with van der Waals surface area (Å²) in [4.78, 5) is 12.2. The second kappa shape index (κ2) is 6.19. The van der Waals surface area contributed by atoms with Crippen molar-refractivity contribution in [2.75, 3.05) is 6.61 Å². The van der Waals surface area contributed by atoms with E-state index < -0.39 is 0 Å². The lowest BCUT2D eigenvalue weighted by Crippen LogP contribution is -2.37. The van der Waals surface area contributed by atoms with Crippen LogP contribution in [0.2, 0.25) is 5.02 Å². The topological polar surface area (TPSA) is 38.3 Å². The first-order chi connectivity index (χ1) is 10.2. The monoisotopic (exact) mass is 301 g/mol. The van der Waals surface area contributed by atoms with Gasteiger partial charge in [-0.3, -0.25) is 4.79 Å². The highest BCUT2D eigenvalue weighted by molar-refractivity contribution is 6.30. The van der Waals surface area contributed by atoms with Crippen LogP contribution in [-0.2, 0) is 17.8 Å². The van der Waals surface area contributed by atoms with Gasteiger partial charge in [-0.25, -0.2) is 0 Å². The Bertz CT molecular complexity index is 639. The first kappa shape index (κ1) is 14.0. The summed E-state index contributed by atoms with van der Waals surface area (Å²) in [6.07, 6.45) is 0.725. The van der Waals surface area contributed by atoms with Gasteiger partial charge in [-0.2, -0.15) is 0 Å². The zero-order chi connectivity index (χ0) is 14.7. The molecule has 2 aromatic carbocycles. The van der Waals surface area contributed by atoms with Crippen LogP contribution in [0.15, 0.2) is 48.5 Å². The molecule has 3 nitrogen and oxygen atoms in total. The van der Waals surface area contributed by atoms with E-state index in [-0.39, 0.29) is 11.8 Å². The summed E-state index contributed by atoms with van der Waals surface area (Å²) in [5.74, 6) is 0.783. The third-order valence-corrected chi connectivity index (χ3v) is 3.88. The van der Waals surface area contributed by atoms with Crippen LogP contribution >= 0.6 is 11.6 Å². The molecule has 0 saturated heterocycles. The van der Waals surface area contributed by atoms with Crippen molar-refractivity contribution in [1.82, 2.24) is 5.32 Å². The smallest absolute Gasteiger partial charge is 0.227 e. The van der Waals surface area contributed by atoms with Gasteiger partial charge in [-0.05, 0) is 35.7 Å². The summed E-state index contributed by atoms with van der Waals surface area (Å²) in [5.41, 5.74) is 2.13. The summed E-state index contributed by atoms with van der Waals surface area (Å²) < 4.78 is 5.65. The number of halogens is 1. The van der Waals surface area contributed by atoms with Crippen molar-refractivity contribution < 1.29 is 9.53 Å². The average molecular weight is 302 g/mol. The molecule has 3 rings (SSSR count). The molecule has 4 heteroatoms. The van der Waals surface area contributed by atoms with Crippen LogP contribution in [-0.4, -0.2) is 12.5 Å². The average Bonchev–Trinajstić information content (AvgIpc) is 2.53. The number of nitrogens with one attached hydrogen (secondary N) is 1. The number of carbonyl (C=O) groups excluding carboxylic acids is 1. The third kappa shape index (κ3) is 3.37. The highest BCUT2D eigenvalue weighted by atomic mass is 35.5. The van der Waals surface area contributed by atoms with Crippen molar-refractivity contribution in [3.05, 3.63) is 64.7 Å². The Kier molecular flexibility index (Phi) is 4.11. The number of carbonyl (C=O) groups is 1. The van der Waals surface area contributed by atoms with Crippen LogP contribution < -0.4 is 10.1 Å². The van der Waals surface area contributed by atoms with E-state index in [1.807, 2.05) is 48.5 Å². The lowest BCUT2D eigenvalue weighted by atomic mass is 9.96. The Morgan fingerprint density at radius 3 is 2.76 bits per heavy atom. The van der Waals surface area contributed by atoms with E-state index in [4.69, 9.17) is 16.3 Å². The quantitative estimate of drug-likeness (QED) is 0.945. The minimum absolute atomic E-state index is 0.0273. The Balaban J connectivity index is 1.58. The van der Waals surface area contributed by atoms with E-state index in [9.17, 15) is 4.79 Å². The van der Waals surface area contributed by atoms with Gasteiger partial charge in [0.25, 0.3) is 0 Å². The van der Waals surface area contributed by atoms with Gasteiger partial charge in [0.2, 0.25) is 5.91 Å². The Hall–Kier alpha value is -2.00. The van der Waals surface area contributed by atoms with Gasteiger partial charge in [0, 0.05) is 11.6 Å². The number of rotatable bonds is 3. The molecule has 1 aliphatic heterocycles. The van der Waals surface area contributed by atoms with Crippen molar-refractivity contribution in [1.29, 1.82) is 0 Å². The Morgan fingerprint density at radius 2 is 1.95 bits per heavy atom. The van der Waals surface area contributed by atoms with Crippen LogP contribution in [0.25, 0.3) is 0 Å². The molecule has 108 valence electrons. The summed E-state index contributed by atoms with van der Waals surface area (Å²) >= 11 is 5.84. The molecule has 1 aliphatic rings. The van der Waals surface area contributed by atoms with E-state index in [1.165, 1.54) is 0 Å². The summed E-state index contributed by atoms with van der Waals surface area (Å²) in [6, 6.07) is 15.3. The molecular formula is C17H16ClNO2. The first-order valence-corrected chi connectivity index (χ1v) is 7.33. The maximum Gasteiger partial charge on any atom is 0.227 e. The van der Waals surface area contributed by atoms with E-state index in [2.05, 4.69) is 5.32 Å². The fraction of sp³-hybridized carbons (Fsp3) is 0.235. The number of benzene rings is 2. The second-order valence-corrected chi connectivity index (χ2v) is 5.60. The summed E-state index contributed by atoms with van der Waals surface area (Å²) in [7, 11) is 0. The number of para-hydroxylation sites is 1. The SMILES string of the molecule is O=C(NCc1ccc(Cl)cc1)C1COc2ccccc2C1. The standard InChI is InChI=1S/C17H16ClNO2/c18-15-7-5-12(6-8-15)10-19-17(20)14-9-13-3-1-2-4-16(13)21-11-14/h1-8,14H,9-11H2,(H,19,20). The fourth-order valence-electron chi connectivity index (χ4n) is 2.43. The van der Waals surface area contributed by atoms with Gasteiger partial charge in [0.1, 0.15) is 12.4 Å². The van der Waals surface area contributed by atoms with Gasteiger partial charge in [0.05, 0.1) is 5.92 Å². The maximum atomic E-state index is 12.2. The molecule has 0 aliphatic carbocycles. The highest BCUT2D eigenvalue weighted by Crippen LogP contribution is 2.26. The molecule has 1 unspecified atom stereocenters. The molecule has 0 radical (unpaired) electrons. The van der Waals surface area contributed by atoms with Gasteiger partial charge >= 0.3 is 0 Å². The molecule has 0 saturated carbocycles. The van der Waals surface area contributed by atoms with Crippen molar-refractivity contribution >= 4 is 17.5 Å². The van der Waals surface area contributed by atoms with Crippen LogP contribution in [0, 0.1) is 5.92 Å². The highest BCUT2D eigenvalue weighted by Gasteiger charge is 2.25. The molecule has 21 heavy (non-hydrogen) atoms. The van der Waals surface area contributed by atoms with E-state index in [1.54, 1.807) is 0 Å². The Morgan fingerprint density at radius 1 is 1.19 bits per heavy atom. The first-order valence-electron chi connectivity index (χ1n) is 6.95. The number of ether oxygens (including phenoxy) is 1. The lowest BCUT2D eigenvalue weighted by molar-refractivity contribution is -0.126. The van der Waals surface area contributed by atoms with Gasteiger partial charge in [0.15, 0.2) is 0 Å². The van der Waals surface area contributed by atoms with E-state index >= 15 is 0 Å². The zero-order valence-electron chi connectivity index (χ0n) is 11.5. The van der Waals surface area contributed by atoms with Crippen LogP contribution in [0.3, 0.4) is 0 Å². The molecule has 1 atom stereocenters. The van der Waals surface area contributed by atoms with Crippen molar-refractivity contribution in [2.24, 2.45) is 5.92 Å². The lowest BCUT2D eigenvalue weighted by Gasteiger charge is -2.24. The largest absolute Gasteiger partial charge is 0.492 e. The minimum Gasteiger partial charge on any atom is -0.492 e. The molecule has 1 N–H and O–H groups in total. The van der Waals surface area contributed by atoms with Gasteiger partial charge < -0.3 is 10.1 Å². The molecule has 0 spiro atoms. The molecule has 1 amide bonds.